The molecule has 24 heavy (non-hydrogen) atoms. The maximum absolute atomic E-state index is 11.9. The molecule has 126 valence electrons. The smallest absolute Gasteiger partial charge is 0.244 e. The van der Waals surface area contributed by atoms with Crippen molar-refractivity contribution >= 4 is 12.1 Å². The second-order valence-corrected chi connectivity index (χ2v) is 4.90. The largest absolute Gasteiger partial charge is 0.496 e. The summed E-state index contributed by atoms with van der Waals surface area (Å²) in [6.07, 6.45) is 1.75. The molecule has 0 fully saturated rings. The maximum atomic E-state index is 11.9. The normalized spacial score (nSPS) is 10.5. The molecule has 0 aromatic heterocycles. The number of hydrazone groups is 1. The molecule has 1 N–H and O–H groups in total. The summed E-state index contributed by atoms with van der Waals surface area (Å²) in [5, 5.41) is 3.99. The van der Waals surface area contributed by atoms with Crippen LogP contribution < -0.4 is 19.6 Å². The van der Waals surface area contributed by atoms with Crippen molar-refractivity contribution in [2.45, 2.75) is 6.42 Å². The molecule has 0 saturated carbocycles. The lowest BCUT2D eigenvalue weighted by molar-refractivity contribution is -0.120. The van der Waals surface area contributed by atoms with Crippen molar-refractivity contribution in [3.63, 3.8) is 0 Å². The zero-order valence-electron chi connectivity index (χ0n) is 13.9. The van der Waals surface area contributed by atoms with Gasteiger partial charge in [-0.15, -0.1) is 0 Å². The fourth-order valence-electron chi connectivity index (χ4n) is 2.15. The summed E-state index contributed by atoms with van der Waals surface area (Å²) < 4.78 is 15.8. The minimum Gasteiger partial charge on any atom is -0.496 e. The lowest BCUT2D eigenvalue weighted by Crippen LogP contribution is -2.19. The Morgan fingerprint density at radius 3 is 2.21 bits per heavy atom. The van der Waals surface area contributed by atoms with Crippen molar-refractivity contribution in [2.75, 3.05) is 21.3 Å². The van der Waals surface area contributed by atoms with Gasteiger partial charge in [-0.05, 0) is 5.56 Å². The van der Waals surface area contributed by atoms with Gasteiger partial charge < -0.3 is 14.2 Å². The van der Waals surface area contributed by atoms with E-state index in [-0.39, 0.29) is 12.3 Å². The number of amides is 1. The summed E-state index contributed by atoms with van der Waals surface area (Å²) in [5.41, 5.74) is 4.03. The Morgan fingerprint density at radius 2 is 1.67 bits per heavy atom. The standard InChI is InChI=1S/C18H20N2O4/c1-22-14-10-16(23-2)15(17(11-14)24-3)12-19-20-18(21)9-13-7-5-4-6-8-13/h4-8,10-12H,9H2,1-3H3,(H,20,21)/b19-12+. The highest BCUT2D eigenvalue weighted by Crippen LogP contribution is 2.32. The number of carbonyl (C=O) groups excluding carboxylic acids is 1. The van der Waals surface area contributed by atoms with Crippen LogP contribution >= 0.6 is 0 Å². The monoisotopic (exact) mass is 328 g/mol. The van der Waals surface area contributed by atoms with Crippen LogP contribution in [0, 0.1) is 0 Å². The zero-order valence-corrected chi connectivity index (χ0v) is 13.9. The Kier molecular flexibility index (Phi) is 6.19. The van der Waals surface area contributed by atoms with E-state index >= 15 is 0 Å². The zero-order chi connectivity index (χ0) is 17.4. The maximum Gasteiger partial charge on any atom is 0.244 e. The molecule has 2 aromatic rings. The molecule has 1 amide bonds. The van der Waals surface area contributed by atoms with Crippen LogP contribution in [-0.2, 0) is 11.2 Å². The summed E-state index contributed by atoms with van der Waals surface area (Å²) in [7, 11) is 4.64. The molecule has 0 spiro atoms. The van der Waals surface area contributed by atoms with Crippen molar-refractivity contribution in [3.8, 4) is 17.2 Å². The average molecular weight is 328 g/mol. The van der Waals surface area contributed by atoms with Crippen LogP contribution in [0.3, 0.4) is 0 Å². The number of benzene rings is 2. The molecule has 2 aromatic carbocycles. The topological polar surface area (TPSA) is 69.2 Å². The van der Waals surface area contributed by atoms with Gasteiger partial charge in [0.15, 0.2) is 0 Å². The van der Waals surface area contributed by atoms with E-state index in [9.17, 15) is 4.79 Å². The molecule has 0 unspecified atom stereocenters. The van der Waals surface area contributed by atoms with Crippen molar-refractivity contribution in [2.24, 2.45) is 5.10 Å². The Morgan fingerprint density at radius 1 is 1.04 bits per heavy atom. The van der Waals surface area contributed by atoms with E-state index < -0.39 is 0 Å². The van der Waals surface area contributed by atoms with Crippen LogP contribution in [0.25, 0.3) is 0 Å². The van der Waals surface area contributed by atoms with E-state index in [1.54, 1.807) is 33.5 Å². The van der Waals surface area contributed by atoms with Gasteiger partial charge >= 0.3 is 0 Å². The lowest BCUT2D eigenvalue weighted by Gasteiger charge is -2.12. The summed E-state index contributed by atoms with van der Waals surface area (Å²) >= 11 is 0. The van der Waals surface area contributed by atoms with E-state index in [4.69, 9.17) is 14.2 Å². The number of carbonyl (C=O) groups is 1. The molecule has 0 bridgehead atoms. The van der Waals surface area contributed by atoms with Crippen molar-refractivity contribution in [1.29, 1.82) is 0 Å². The number of rotatable bonds is 7. The number of hydrogen-bond acceptors (Lipinski definition) is 5. The van der Waals surface area contributed by atoms with Gasteiger partial charge in [0.1, 0.15) is 17.2 Å². The summed E-state index contributed by atoms with van der Waals surface area (Å²) in [5.74, 6) is 1.47. The third-order valence-electron chi connectivity index (χ3n) is 3.34. The first-order chi connectivity index (χ1) is 11.7. The van der Waals surface area contributed by atoms with Gasteiger partial charge in [-0.2, -0.15) is 5.10 Å². The minimum atomic E-state index is -0.205. The first-order valence-electron chi connectivity index (χ1n) is 7.33. The molecule has 0 atom stereocenters. The molecular weight excluding hydrogens is 308 g/mol. The van der Waals surface area contributed by atoms with Crippen molar-refractivity contribution < 1.29 is 19.0 Å². The predicted molar refractivity (Wildman–Crippen MR) is 92.0 cm³/mol. The fourth-order valence-corrected chi connectivity index (χ4v) is 2.15. The molecule has 2 rings (SSSR count). The molecule has 6 nitrogen and oxygen atoms in total. The number of nitrogens with one attached hydrogen (secondary N) is 1. The van der Waals surface area contributed by atoms with Crippen LogP contribution in [0.4, 0.5) is 0 Å². The molecular formula is C18H20N2O4. The van der Waals surface area contributed by atoms with E-state index in [1.165, 1.54) is 6.21 Å². The number of methoxy groups -OCH3 is 3. The lowest BCUT2D eigenvalue weighted by atomic mass is 10.1. The highest BCUT2D eigenvalue weighted by atomic mass is 16.5. The highest BCUT2D eigenvalue weighted by molar-refractivity contribution is 5.89. The summed E-state index contributed by atoms with van der Waals surface area (Å²) in [4.78, 5) is 11.9. The number of nitrogens with zero attached hydrogens (tertiary/aromatic N) is 1. The van der Waals surface area contributed by atoms with E-state index in [1.807, 2.05) is 30.3 Å². The Bertz CT molecular complexity index is 689. The Balaban J connectivity index is 2.09. The third kappa shape index (κ3) is 4.49. The molecule has 0 radical (unpaired) electrons. The molecule has 0 aliphatic carbocycles. The van der Waals surface area contributed by atoms with E-state index in [0.717, 1.165) is 5.56 Å². The second kappa shape index (κ2) is 8.57. The predicted octanol–water partition coefficient (Wildman–Crippen LogP) is 2.41. The molecule has 6 heteroatoms. The molecule has 0 heterocycles. The third-order valence-corrected chi connectivity index (χ3v) is 3.34. The average Bonchev–Trinajstić information content (AvgIpc) is 2.62. The van der Waals surface area contributed by atoms with Crippen molar-refractivity contribution in [1.82, 2.24) is 5.43 Å². The summed E-state index contributed by atoms with van der Waals surface area (Å²) in [6.45, 7) is 0. The van der Waals surface area contributed by atoms with Gasteiger partial charge in [-0.25, -0.2) is 5.43 Å². The minimum absolute atomic E-state index is 0.205. The van der Waals surface area contributed by atoms with Gasteiger partial charge in [0.25, 0.3) is 0 Å². The van der Waals surface area contributed by atoms with Crippen LogP contribution in [0.2, 0.25) is 0 Å². The van der Waals surface area contributed by atoms with E-state index in [2.05, 4.69) is 10.5 Å². The van der Waals surface area contributed by atoms with Gasteiger partial charge in [-0.3, -0.25) is 4.79 Å². The SMILES string of the molecule is COc1cc(OC)c(/C=N/NC(=O)Cc2ccccc2)c(OC)c1. The first-order valence-corrected chi connectivity index (χ1v) is 7.33. The molecule has 0 aliphatic heterocycles. The first kappa shape index (κ1) is 17.3. The Labute approximate surface area is 141 Å². The van der Waals surface area contributed by atoms with Crippen LogP contribution in [0.1, 0.15) is 11.1 Å². The van der Waals surface area contributed by atoms with Crippen LogP contribution in [-0.4, -0.2) is 33.5 Å². The number of hydrogen-bond donors (Lipinski definition) is 1. The summed E-state index contributed by atoms with van der Waals surface area (Å²) in [6, 6.07) is 12.9. The highest BCUT2D eigenvalue weighted by Gasteiger charge is 2.11. The van der Waals surface area contributed by atoms with E-state index in [0.29, 0.717) is 22.8 Å². The molecule has 0 saturated heterocycles. The van der Waals surface area contributed by atoms with Gasteiger partial charge in [-0.1, -0.05) is 30.3 Å². The van der Waals surface area contributed by atoms with Gasteiger partial charge in [0.2, 0.25) is 5.91 Å². The second-order valence-electron chi connectivity index (χ2n) is 4.90. The van der Waals surface area contributed by atoms with Gasteiger partial charge in [0, 0.05) is 12.1 Å². The number of ether oxygens (including phenoxy) is 3. The fraction of sp³-hybridized carbons (Fsp3) is 0.222. The van der Waals surface area contributed by atoms with Crippen LogP contribution in [0.5, 0.6) is 17.2 Å². The van der Waals surface area contributed by atoms with Gasteiger partial charge in [0.05, 0.1) is 39.5 Å². The molecule has 0 aliphatic rings. The van der Waals surface area contributed by atoms with Crippen LogP contribution in [0.15, 0.2) is 47.6 Å². The Hall–Kier alpha value is -3.02. The van der Waals surface area contributed by atoms with Crippen molar-refractivity contribution in [3.05, 3.63) is 53.6 Å². The quantitative estimate of drug-likeness (QED) is 0.626.